The summed E-state index contributed by atoms with van der Waals surface area (Å²) in [7, 11) is 0. The normalized spacial score (nSPS) is 14.2. The Bertz CT molecular complexity index is 1140. The van der Waals surface area contributed by atoms with Crippen molar-refractivity contribution in [1.82, 2.24) is 20.8 Å². The zero-order valence-corrected chi connectivity index (χ0v) is 19.8. The number of fused-ring (bicyclic) bond motifs is 1. The minimum absolute atomic E-state index is 0.0696. The molecule has 1 aromatic heterocycles. The van der Waals surface area contributed by atoms with Crippen LogP contribution in [0.25, 0.3) is 11.0 Å². The number of hydroxylamine groups is 1. The van der Waals surface area contributed by atoms with Crippen LogP contribution in [0.3, 0.4) is 0 Å². The highest BCUT2D eigenvalue weighted by Crippen LogP contribution is 2.24. The molecule has 0 aliphatic heterocycles. The maximum absolute atomic E-state index is 14.0. The molecule has 0 aliphatic rings. The monoisotopic (exact) mass is 482 g/mol. The summed E-state index contributed by atoms with van der Waals surface area (Å²) in [4.78, 5) is 33.9. The molecule has 2 aromatic carbocycles. The Kier molecular flexibility index (Phi) is 8.84. The van der Waals surface area contributed by atoms with Crippen LogP contribution in [0.5, 0.6) is 0 Å². The van der Waals surface area contributed by atoms with Gasteiger partial charge in [0.25, 0.3) is 5.91 Å². The van der Waals surface area contributed by atoms with Gasteiger partial charge in [-0.3, -0.25) is 19.8 Å². The van der Waals surface area contributed by atoms with Crippen molar-refractivity contribution in [2.75, 3.05) is 0 Å². The fourth-order valence-corrected chi connectivity index (χ4v) is 3.88. The summed E-state index contributed by atoms with van der Waals surface area (Å²) in [5, 5.41) is 23.0. The van der Waals surface area contributed by atoms with Crippen molar-refractivity contribution < 1.29 is 24.3 Å². The van der Waals surface area contributed by atoms with Crippen LogP contribution in [0.1, 0.15) is 49.2 Å². The van der Waals surface area contributed by atoms with Gasteiger partial charge in [0.2, 0.25) is 5.91 Å². The smallest absolute Gasteiger partial charge is 0.271 e. The highest BCUT2D eigenvalue weighted by Gasteiger charge is 2.30. The van der Waals surface area contributed by atoms with Gasteiger partial charge in [-0.2, -0.15) is 0 Å². The van der Waals surface area contributed by atoms with E-state index in [1.165, 1.54) is 20.0 Å². The molecule has 0 aliphatic carbocycles. The number of amides is 2. The summed E-state index contributed by atoms with van der Waals surface area (Å²) in [6, 6.07) is 15.7. The van der Waals surface area contributed by atoms with Crippen molar-refractivity contribution in [2.45, 2.75) is 57.3 Å². The molecule has 35 heavy (non-hydrogen) atoms. The van der Waals surface area contributed by atoms with Crippen LogP contribution >= 0.6 is 0 Å². The van der Waals surface area contributed by atoms with Crippen molar-refractivity contribution in [2.24, 2.45) is 5.92 Å². The molecule has 3 unspecified atom stereocenters. The van der Waals surface area contributed by atoms with Gasteiger partial charge in [-0.1, -0.05) is 42.5 Å². The number of nitrogens with one attached hydrogen (secondary N) is 2. The number of hydrogen-bond donors (Lipinski definition) is 4. The molecule has 4 N–H and O–H groups in total. The number of aliphatic hydroxyl groups excluding tert-OH is 1. The highest BCUT2D eigenvalue weighted by molar-refractivity contribution is 5.94. The SMILES string of the molecule is CC(C)(F)CCC(CC(O)C(Cc1ccccc1)NC(=O)c1cnc2ccccc2n1)C(=O)NO. The predicted molar refractivity (Wildman–Crippen MR) is 129 cm³/mol. The molecular formula is C26H31FN4O4. The lowest BCUT2D eigenvalue weighted by molar-refractivity contribution is -0.135. The van der Waals surface area contributed by atoms with Gasteiger partial charge in [-0.05, 0) is 57.2 Å². The second kappa shape index (κ2) is 11.8. The molecule has 1 heterocycles. The number of carbonyl (C=O) groups is 2. The number of aliphatic hydroxyl groups is 1. The largest absolute Gasteiger partial charge is 0.391 e. The third kappa shape index (κ3) is 7.80. The maximum Gasteiger partial charge on any atom is 0.271 e. The molecular weight excluding hydrogens is 451 g/mol. The number of rotatable bonds is 11. The molecule has 0 spiro atoms. The molecule has 3 aromatic rings. The van der Waals surface area contributed by atoms with E-state index in [4.69, 9.17) is 5.21 Å². The van der Waals surface area contributed by atoms with Crippen molar-refractivity contribution >= 4 is 22.8 Å². The third-order valence-corrected chi connectivity index (χ3v) is 5.85. The molecule has 0 saturated heterocycles. The Labute approximate surface area is 203 Å². The van der Waals surface area contributed by atoms with Crippen LogP contribution in [-0.2, 0) is 11.2 Å². The van der Waals surface area contributed by atoms with E-state index in [-0.39, 0.29) is 31.4 Å². The average molecular weight is 483 g/mol. The quantitative estimate of drug-likeness (QED) is 0.245. The van der Waals surface area contributed by atoms with Gasteiger partial charge < -0.3 is 10.4 Å². The number of halogens is 1. The molecule has 3 atom stereocenters. The number of hydrogen-bond acceptors (Lipinski definition) is 6. The summed E-state index contributed by atoms with van der Waals surface area (Å²) < 4.78 is 14.0. The number of aromatic nitrogens is 2. The van der Waals surface area contributed by atoms with E-state index >= 15 is 0 Å². The second-order valence-corrected chi connectivity index (χ2v) is 9.25. The van der Waals surface area contributed by atoms with E-state index < -0.39 is 35.5 Å². The van der Waals surface area contributed by atoms with Crippen LogP contribution in [0.4, 0.5) is 4.39 Å². The van der Waals surface area contributed by atoms with Crippen LogP contribution in [0.15, 0.2) is 60.8 Å². The summed E-state index contributed by atoms with van der Waals surface area (Å²) in [6.45, 7) is 2.81. The van der Waals surface area contributed by atoms with Gasteiger partial charge in [0.05, 0.1) is 29.4 Å². The van der Waals surface area contributed by atoms with E-state index in [1.807, 2.05) is 36.4 Å². The summed E-state index contributed by atoms with van der Waals surface area (Å²) >= 11 is 0. The maximum atomic E-state index is 14.0. The van der Waals surface area contributed by atoms with E-state index in [0.29, 0.717) is 11.0 Å². The molecule has 186 valence electrons. The van der Waals surface area contributed by atoms with Gasteiger partial charge >= 0.3 is 0 Å². The van der Waals surface area contributed by atoms with Gasteiger partial charge in [0, 0.05) is 5.92 Å². The zero-order valence-electron chi connectivity index (χ0n) is 19.8. The lowest BCUT2D eigenvalue weighted by Gasteiger charge is -2.28. The van der Waals surface area contributed by atoms with Crippen molar-refractivity contribution in [1.29, 1.82) is 0 Å². The number of benzene rings is 2. The van der Waals surface area contributed by atoms with Gasteiger partial charge in [-0.15, -0.1) is 0 Å². The fourth-order valence-electron chi connectivity index (χ4n) is 3.88. The first-order chi connectivity index (χ1) is 16.7. The van der Waals surface area contributed by atoms with Crippen LogP contribution < -0.4 is 10.8 Å². The van der Waals surface area contributed by atoms with Gasteiger partial charge in [0.15, 0.2) is 0 Å². The van der Waals surface area contributed by atoms with E-state index in [0.717, 1.165) is 5.56 Å². The molecule has 3 rings (SSSR count). The molecule has 0 bridgehead atoms. The van der Waals surface area contributed by atoms with Crippen molar-refractivity contribution in [3.63, 3.8) is 0 Å². The topological polar surface area (TPSA) is 124 Å². The number of nitrogens with zero attached hydrogens (tertiary/aromatic N) is 2. The highest BCUT2D eigenvalue weighted by atomic mass is 19.1. The molecule has 0 fully saturated rings. The minimum atomic E-state index is -1.51. The predicted octanol–water partition coefficient (Wildman–Crippen LogP) is 3.37. The standard InChI is InChI=1S/C26H31FN4O4/c1-26(2,27)13-12-18(24(33)31-35)15-23(32)21(14-17-8-4-3-5-9-17)30-25(34)22-16-28-19-10-6-7-11-20(19)29-22/h3-11,16,18,21,23,32,35H,12-15H2,1-2H3,(H,30,34)(H,31,33). The van der Waals surface area contributed by atoms with Crippen molar-refractivity contribution in [3.8, 4) is 0 Å². The fraction of sp³-hybridized carbons (Fsp3) is 0.385. The van der Waals surface area contributed by atoms with Gasteiger partial charge in [-0.25, -0.2) is 14.9 Å². The third-order valence-electron chi connectivity index (χ3n) is 5.85. The summed E-state index contributed by atoms with van der Waals surface area (Å²) in [5.74, 6) is -2.07. The van der Waals surface area contributed by atoms with E-state index in [9.17, 15) is 19.1 Å². The first-order valence-corrected chi connectivity index (χ1v) is 11.5. The van der Waals surface area contributed by atoms with Crippen LogP contribution in [0, 0.1) is 5.92 Å². The number of alkyl halides is 1. The Morgan fingerprint density at radius 1 is 1.06 bits per heavy atom. The number of para-hydroxylation sites is 2. The molecule has 2 amide bonds. The van der Waals surface area contributed by atoms with Gasteiger partial charge in [0.1, 0.15) is 11.4 Å². The van der Waals surface area contributed by atoms with Crippen LogP contribution in [0.2, 0.25) is 0 Å². The lowest BCUT2D eigenvalue weighted by atomic mass is 9.88. The minimum Gasteiger partial charge on any atom is -0.391 e. The zero-order chi connectivity index (χ0) is 25.4. The summed E-state index contributed by atoms with van der Waals surface area (Å²) in [5.41, 5.74) is 2.27. The second-order valence-electron chi connectivity index (χ2n) is 9.25. The first kappa shape index (κ1) is 26.2. The summed E-state index contributed by atoms with van der Waals surface area (Å²) in [6.07, 6.45) is 0.614. The molecule has 0 saturated carbocycles. The van der Waals surface area contributed by atoms with E-state index in [2.05, 4.69) is 15.3 Å². The molecule has 9 heteroatoms. The Morgan fingerprint density at radius 2 is 1.71 bits per heavy atom. The lowest BCUT2D eigenvalue weighted by Crippen LogP contribution is -2.47. The number of carbonyl (C=O) groups excluding carboxylic acids is 2. The molecule has 8 nitrogen and oxygen atoms in total. The van der Waals surface area contributed by atoms with E-state index in [1.54, 1.807) is 23.7 Å². The Balaban J connectivity index is 1.80. The van der Waals surface area contributed by atoms with Crippen LogP contribution in [-0.4, -0.2) is 49.9 Å². The average Bonchev–Trinajstić information content (AvgIpc) is 2.85. The van der Waals surface area contributed by atoms with Crippen molar-refractivity contribution in [3.05, 3.63) is 72.1 Å². The Morgan fingerprint density at radius 3 is 2.37 bits per heavy atom. The first-order valence-electron chi connectivity index (χ1n) is 11.5. The molecule has 0 radical (unpaired) electrons. The Hall–Kier alpha value is -3.43.